The molecule has 0 amide bonds. The van der Waals surface area contributed by atoms with Crippen LogP contribution < -0.4 is 10.2 Å². The smallest absolute Gasteiger partial charge is 0.136 e. The van der Waals surface area contributed by atoms with Gasteiger partial charge in [-0.2, -0.15) is 0 Å². The monoisotopic (exact) mass is 239 g/mol. The summed E-state index contributed by atoms with van der Waals surface area (Å²) in [6.07, 6.45) is 1.88. The molecule has 18 heavy (non-hydrogen) atoms. The van der Waals surface area contributed by atoms with Crippen molar-refractivity contribution < 1.29 is 0 Å². The second-order valence-corrected chi connectivity index (χ2v) is 4.48. The maximum absolute atomic E-state index is 4.58. The van der Waals surface area contributed by atoms with E-state index in [0.717, 1.165) is 32.0 Å². The summed E-state index contributed by atoms with van der Waals surface area (Å²) in [7, 11) is 0. The predicted molar refractivity (Wildman–Crippen MR) is 74.8 cm³/mol. The molecule has 0 radical (unpaired) electrons. The largest absolute Gasteiger partial charge is 0.354 e. The number of aromatic nitrogens is 1. The third kappa shape index (κ3) is 2.22. The van der Waals surface area contributed by atoms with Gasteiger partial charge in [0, 0.05) is 37.9 Å². The van der Waals surface area contributed by atoms with E-state index in [1.165, 1.54) is 11.1 Å². The minimum Gasteiger partial charge on any atom is -0.354 e. The fourth-order valence-electron chi connectivity index (χ4n) is 2.37. The van der Waals surface area contributed by atoms with Crippen LogP contribution in [0.25, 0.3) is 11.1 Å². The van der Waals surface area contributed by atoms with Crippen molar-refractivity contribution >= 4 is 5.82 Å². The second kappa shape index (κ2) is 5.19. The summed E-state index contributed by atoms with van der Waals surface area (Å²) in [4.78, 5) is 6.94. The van der Waals surface area contributed by atoms with Crippen LogP contribution in [0.15, 0.2) is 48.7 Å². The Morgan fingerprint density at radius 1 is 0.944 bits per heavy atom. The van der Waals surface area contributed by atoms with Crippen molar-refractivity contribution in [1.82, 2.24) is 10.3 Å². The molecule has 3 heteroatoms. The maximum Gasteiger partial charge on any atom is 0.136 e. The normalized spacial score (nSPS) is 15.7. The summed E-state index contributed by atoms with van der Waals surface area (Å²) < 4.78 is 0. The molecule has 0 spiro atoms. The Balaban J connectivity index is 1.99. The highest BCUT2D eigenvalue weighted by Crippen LogP contribution is 2.28. The Morgan fingerprint density at radius 2 is 1.72 bits per heavy atom. The third-order valence-electron chi connectivity index (χ3n) is 3.29. The molecule has 92 valence electrons. The van der Waals surface area contributed by atoms with Crippen molar-refractivity contribution in [3.8, 4) is 11.1 Å². The zero-order valence-corrected chi connectivity index (χ0v) is 10.3. The van der Waals surface area contributed by atoms with E-state index in [1.807, 2.05) is 18.3 Å². The van der Waals surface area contributed by atoms with E-state index in [4.69, 9.17) is 0 Å². The van der Waals surface area contributed by atoms with Crippen LogP contribution in [0.4, 0.5) is 5.82 Å². The molecular weight excluding hydrogens is 222 g/mol. The lowest BCUT2D eigenvalue weighted by molar-refractivity contribution is 0.585. The first-order valence-corrected chi connectivity index (χ1v) is 6.41. The Kier molecular flexibility index (Phi) is 3.24. The number of piperazine rings is 1. The molecule has 1 aliphatic rings. The summed E-state index contributed by atoms with van der Waals surface area (Å²) in [5.74, 6) is 1.10. The molecule has 0 aliphatic carbocycles. The topological polar surface area (TPSA) is 28.2 Å². The molecular formula is C15H17N3. The van der Waals surface area contributed by atoms with Gasteiger partial charge in [0.05, 0.1) is 0 Å². The number of nitrogens with one attached hydrogen (secondary N) is 1. The van der Waals surface area contributed by atoms with Crippen LogP contribution in [-0.4, -0.2) is 31.2 Å². The molecule has 1 N–H and O–H groups in total. The van der Waals surface area contributed by atoms with E-state index < -0.39 is 0 Å². The van der Waals surface area contributed by atoms with Gasteiger partial charge >= 0.3 is 0 Å². The lowest BCUT2D eigenvalue weighted by atomic mass is 10.1. The number of anilines is 1. The molecule has 2 aromatic rings. The van der Waals surface area contributed by atoms with Gasteiger partial charge < -0.3 is 10.2 Å². The Bertz CT molecular complexity index is 504. The SMILES string of the molecule is c1ccc(-c2cccnc2N2CCNCC2)cc1. The predicted octanol–water partition coefficient (Wildman–Crippen LogP) is 2.16. The fraction of sp³-hybridized carbons (Fsp3) is 0.267. The molecule has 3 nitrogen and oxygen atoms in total. The first-order valence-electron chi connectivity index (χ1n) is 6.41. The molecule has 1 aromatic carbocycles. The number of rotatable bonds is 2. The van der Waals surface area contributed by atoms with Gasteiger partial charge in [0.1, 0.15) is 5.82 Å². The molecule has 1 aliphatic heterocycles. The maximum atomic E-state index is 4.58. The van der Waals surface area contributed by atoms with Gasteiger partial charge in [-0.1, -0.05) is 30.3 Å². The quantitative estimate of drug-likeness (QED) is 0.870. The number of pyridine rings is 1. The van der Waals surface area contributed by atoms with Gasteiger partial charge in [-0.05, 0) is 17.7 Å². The molecule has 0 unspecified atom stereocenters. The van der Waals surface area contributed by atoms with E-state index in [2.05, 4.69) is 45.5 Å². The Labute approximate surface area is 107 Å². The highest BCUT2D eigenvalue weighted by atomic mass is 15.2. The van der Waals surface area contributed by atoms with Crippen molar-refractivity contribution in [2.24, 2.45) is 0 Å². The van der Waals surface area contributed by atoms with E-state index >= 15 is 0 Å². The highest BCUT2D eigenvalue weighted by Gasteiger charge is 2.15. The van der Waals surface area contributed by atoms with Gasteiger partial charge in [0.2, 0.25) is 0 Å². The first kappa shape index (κ1) is 11.2. The fourth-order valence-corrected chi connectivity index (χ4v) is 2.37. The van der Waals surface area contributed by atoms with Gasteiger partial charge in [-0.15, -0.1) is 0 Å². The molecule has 1 aromatic heterocycles. The van der Waals surface area contributed by atoms with Crippen molar-refractivity contribution in [2.75, 3.05) is 31.1 Å². The van der Waals surface area contributed by atoms with Gasteiger partial charge in [-0.25, -0.2) is 4.98 Å². The summed E-state index contributed by atoms with van der Waals surface area (Å²) in [6, 6.07) is 14.6. The number of benzene rings is 1. The Hall–Kier alpha value is -1.87. The molecule has 2 heterocycles. The average Bonchev–Trinajstić information content (AvgIpc) is 2.49. The molecule has 1 fully saturated rings. The first-order chi connectivity index (χ1) is 8.95. The summed E-state index contributed by atoms with van der Waals surface area (Å²) in [5, 5.41) is 3.37. The molecule has 0 bridgehead atoms. The second-order valence-electron chi connectivity index (χ2n) is 4.48. The van der Waals surface area contributed by atoms with Crippen molar-refractivity contribution in [2.45, 2.75) is 0 Å². The summed E-state index contributed by atoms with van der Waals surface area (Å²) >= 11 is 0. The summed E-state index contributed by atoms with van der Waals surface area (Å²) in [5.41, 5.74) is 2.46. The van der Waals surface area contributed by atoms with Gasteiger partial charge in [0.25, 0.3) is 0 Å². The molecule has 0 saturated carbocycles. The molecule has 1 saturated heterocycles. The van der Waals surface area contributed by atoms with E-state index in [0.29, 0.717) is 0 Å². The number of hydrogen-bond donors (Lipinski definition) is 1. The zero-order valence-electron chi connectivity index (χ0n) is 10.3. The highest BCUT2D eigenvalue weighted by molar-refractivity contribution is 5.75. The van der Waals surface area contributed by atoms with E-state index in [9.17, 15) is 0 Å². The third-order valence-corrected chi connectivity index (χ3v) is 3.29. The lowest BCUT2D eigenvalue weighted by Gasteiger charge is -2.30. The lowest BCUT2D eigenvalue weighted by Crippen LogP contribution is -2.44. The number of nitrogens with zero attached hydrogens (tertiary/aromatic N) is 2. The Morgan fingerprint density at radius 3 is 2.50 bits per heavy atom. The van der Waals surface area contributed by atoms with Crippen LogP contribution >= 0.6 is 0 Å². The minimum absolute atomic E-state index is 1.02. The summed E-state index contributed by atoms with van der Waals surface area (Å²) in [6.45, 7) is 4.11. The standard InChI is InChI=1S/C15H17N3/c1-2-5-13(6-3-1)14-7-4-8-17-15(14)18-11-9-16-10-12-18/h1-8,16H,9-12H2. The van der Waals surface area contributed by atoms with Crippen LogP contribution in [0.3, 0.4) is 0 Å². The minimum atomic E-state index is 1.02. The van der Waals surface area contributed by atoms with Crippen molar-refractivity contribution in [3.63, 3.8) is 0 Å². The van der Waals surface area contributed by atoms with Crippen LogP contribution in [0.5, 0.6) is 0 Å². The van der Waals surface area contributed by atoms with Gasteiger partial charge in [0.15, 0.2) is 0 Å². The van der Waals surface area contributed by atoms with Crippen LogP contribution in [-0.2, 0) is 0 Å². The molecule has 3 rings (SSSR count). The zero-order chi connectivity index (χ0) is 12.2. The van der Waals surface area contributed by atoms with Gasteiger partial charge in [-0.3, -0.25) is 0 Å². The van der Waals surface area contributed by atoms with Crippen LogP contribution in [0, 0.1) is 0 Å². The van der Waals surface area contributed by atoms with E-state index in [1.54, 1.807) is 0 Å². The average molecular weight is 239 g/mol. The van der Waals surface area contributed by atoms with Crippen molar-refractivity contribution in [3.05, 3.63) is 48.7 Å². The number of hydrogen-bond acceptors (Lipinski definition) is 3. The van der Waals surface area contributed by atoms with E-state index in [-0.39, 0.29) is 0 Å². The van der Waals surface area contributed by atoms with Crippen LogP contribution in [0.2, 0.25) is 0 Å². The van der Waals surface area contributed by atoms with Crippen molar-refractivity contribution in [1.29, 1.82) is 0 Å². The van der Waals surface area contributed by atoms with Crippen LogP contribution in [0.1, 0.15) is 0 Å². The molecule has 0 atom stereocenters.